The minimum absolute atomic E-state index is 0.0432. The van der Waals surface area contributed by atoms with E-state index in [-0.39, 0.29) is 17.9 Å². The number of unbranched alkanes of at least 4 members (excludes halogenated alkanes) is 2. The molecule has 172 valence electrons. The maximum atomic E-state index is 11.7. The number of nitrogen functional groups attached to an aromatic ring is 1. The minimum atomic E-state index is -0.0852. The summed E-state index contributed by atoms with van der Waals surface area (Å²) in [4.78, 5) is 27.3. The van der Waals surface area contributed by atoms with Crippen LogP contribution >= 0.6 is 0 Å². The first-order chi connectivity index (χ1) is 15.1. The molecule has 0 atom stereocenters. The van der Waals surface area contributed by atoms with E-state index in [0.29, 0.717) is 36.1 Å². The van der Waals surface area contributed by atoms with E-state index in [1.807, 2.05) is 4.57 Å². The van der Waals surface area contributed by atoms with Crippen molar-refractivity contribution in [3.63, 3.8) is 0 Å². The highest BCUT2D eigenvalue weighted by atomic mass is 16.5. The molecule has 1 aliphatic heterocycles. The van der Waals surface area contributed by atoms with E-state index >= 15 is 0 Å². The number of hydrogen-bond acceptors (Lipinski definition) is 9. The second-order valence-electron chi connectivity index (χ2n) is 7.86. The number of esters is 1. The quantitative estimate of drug-likeness (QED) is 0.420. The van der Waals surface area contributed by atoms with E-state index in [0.717, 1.165) is 58.2 Å². The molecule has 2 aromatic rings. The smallest absolute Gasteiger partial charge is 0.320 e. The van der Waals surface area contributed by atoms with Crippen LogP contribution in [0, 0.1) is 5.92 Å². The van der Waals surface area contributed by atoms with Crippen LogP contribution in [0.2, 0.25) is 0 Å². The number of nitrogens with two attached hydrogens (primary N) is 1. The van der Waals surface area contributed by atoms with Crippen molar-refractivity contribution in [3.05, 3.63) is 0 Å². The average molecular weight is 435 g/mol. The number of piperidine rings is 1. The largest absolute Gasteiger partial charge is 0.469 e. The predicted octanol–water partition coefficient (Wildman–Crippen LogP) is 2.26. The average Bonchev–Trinajstić information content (AvgIpc) is 3.15. The molecular weight excluding hydrogens is 400 g/mol. The van der Waals surface area contributed by atoms with E-state index in [1.54, 1.807) is 7.11 Å². The molecule has 0 aromatic carbocycles. The van der Waals surface area contributed by atoms with Gasteiger partial charge in [-0.15, -0.1) is 0 Å². The summed E-state index contributed by atoms with van der Waals surface area (Å²) in [5.41, 5.74) is 7.26. The molecule has 0 bridgehead atoms. The van der Waals surface area contributed by atoms with Crippen LogP contribution in [-0.2, 0) is 16.1 Å². The van der Waals surface area contributed by atoms with Crippen LogP contribution in [0.25, 0.3) is 11.2 Å². The van der Waals surface area contributed by atoms with Crippen LogP contribution in [0.3, 0.4) is 0 Å². The minimum Gasteiger partial charge on any atom is -0.469 e. The first kappa shape index (κ1) is 23.1. The summed E-state index contributed by atoms with van der Waals surface area (Å²) in [7, 11) is 3.05. The van der Waals surface area contributed by atoms with Gasteiger partial charge in [-0.3, -0.25) is 9.36 Å². The van der Waals surface area contributed by atoms with Crippen LogP contribution in [0.5, 0.6) is 12.0 Å². The summed E-state index contributed by atoms with van der Waals surface area (Å²) in [6, 6.07) is 0.747. The van der Waals surface area contributed by atoms with Crippen molar-refractivity contribution in [1.29, 1.82) is 0 Å². The molecule has 0 aliphatic carbocycles. The Balaban J connectivity index is 1.57. The summed E-state index contributed by atoms with van der Waals surface area (Å²) in [5.74, 6) is 0.252. The number of nitrogens with zero attached hydrogens (tertiary/aromatic N) is 5. The fraction of sp³-hybridized carbons (Fsp3) is 0.714. The molecule has 0 spiro atoms. The highest BCUT2D eigenvalue weighted by molar-refractivity contribution is 5.83. The molecule has 0 saturated carbocycles. The van der Waals surface area contributed by atoms with Crippen molar-refractivity contribution in [2.45, 2.75) is 52.0 Å². The highest BCUT2D eigenvalue weighted by Gasteiger charge is 2.25. The Bertz CT molecular complexity index is 863. The summed E-state index contributed by atoms with van der Waals surface area (Å²) in [5, 5.41) is 0. The van der Waals surface area contributed by atoms with Gasteiger partial charge >= 0.3 is 12.0 Å². The molecule has 3 heterocycles. The Morgan fingerprint density at radius 2 is 1.84 bits per heavy atom. The van der Waals surface area contributed by atoms with Gasteiger partial charge in [0.25, 0.3) is 6.01 Å². The summed E-state index contributed by atoms with van der Waals surface area (Å²) in [6.07, 6.45) is 5.65. The van der Waals surface area contributed by atoms with E-state index < -0.39 is 0 Å². The van der Waals surface area contributed by atoms with Gasteiger partial charge in [0.1, 0.15) is 0 Å². The zero-order valence-corrected chi connectivity index (χ0v) is 18.8. The number of anilines is 1. The van der Waals surface area contributed by atoms with Crippen molar-refractivity contribution >= 4 is 23.0 Å². The van der Waals surface area contributed by atoms with E-state index in [2.05, 4.69) is 26.8 Å². The van der Waals surface area contributed by atoms with E-state index in [4.69, 9.17) is 19.9 Å². The lowest BCUT2D eigenvalue weighted by atomic mass is 9.97. The van der Waals surface area contributed by atoms with Crippen LogP contribution in [0.1, 0.15) is 45.4 Å². The lowest BCUT2D eigenvalue weighted by molar-refractivity contribution is -0.147. The third-order valence-corrected chi connectivity index (χ3v) is 5.71. The zero-order chi connectivity index (χ0) is 22.2. The fourth-order valence-electron chi connectivity index (χ4n) is 3.88. The van der Waals surface area contributed by atoms with Gasteiger partial charge in [-0.25, -0.2) is 0 Å². The number of ether oxygens (including phenoxy) is 3. The molecule has 1 saturated heterocycles. The Hall–Kier alpha value is -2.62. The number of imidazole rings is 1. The molecule has 0 unspecified atom stereocenters. The van der Waals surface area contributed by atoms with Gasteiger partial charge in [0.15, 0.2) is 17.0 Å². The monoisotopic (exact) mass is 434 g/mol. The lowest BCUT2D eigenvalue weighted by Gasteiger charge is -2.30. The lowest BCUT2D eigenvalue weighted by Crippen LogP contribution is -2.37. The van der Waals surface area contributed by atoms with Crippen LogP contribution < -0.4 is 15.2 Å². The zero-order valence-electron chi connectivity index (χ0n) is 18.8. The Kier molecular flexibility index (Phi) is 8.27. The second kappa shape index (κ2) is 11.1. The van der Waals surface area contributed by atoms with Crippen molar-refractivity contribution in [2.24, 2.45) is 5.92 Å². The van der Waals surface area contributed by atoms with Gasteiger partial charge in [0, 0.05) is 6.54 Å². The first-order valence-corrected chi connectivity index (χ1v) is 11.1. The summed E-state index contributed by atoms with van der Waals surface area (Å²) < 4.78 is 17.9. The third kappa shape index (κ3) is 5.75. The standard InChI is InChI=1S/C21H34N6O4/c1-4-5-14-31-20-24-17(22)16-18(25-20)27(21(23-16)30-3)11-7-6-10-26-12-8-15(9-13-26)19(28)29-2/h15H,4-14H2,1-3H3,(H2,22,24,25). The molecule has 31 heavy (non-hydrogen) atoms. The molecule has 1 aliphatic rings. The molecule has 0 radical (unpaired) electrons. The first-order valence-electron chi connectivity index (χ1n) is 11.1. The number of aromatic nitrogens is 4. The van der Waals surface area contributed by atoms with Gasteiger partial charge in [-0.2, -0.15) is 15.0 Å². The van der Waals surface area contributed by atoms with Gasteiger partial charge < -0.3 is 24.8 Å². The highest BCUT2D eigenvalue weighted by Crippen LogP contribution is 2.26. The number of aryl methyl sites for hydroxylation is 1. The molecule has 2 aromatic heterocycles. The molecule has 0 amide bonds. The molecular formula is C21H34N6O4. The molecule has 10 heteroatoms. The molecule has 3 rings (SSSR count). The van der Waals surface area contributed by atoms with Crippen LogP contribution in [-0.4, -0.2) is 70.8 Å². The number of methoxy groups -OCH3 is 2. The predicted molar refractivity (Wildman–Crippen MR) is 117 cm³/mol. The maximum absolute atomic E-state index is 11.7. The van der Waals surface area contributed by atoms with Gasteiger partial charge in [0.05, 0.1) is 26.7 Å². The van der Waals surface area contributed by atoms with Crippen LogP contribution in [0.15, 0.2) is 0 Å². The number of carbonyl (C=O) groups excluding carboxylic acids is 1. The summed E-state index contributed by atoms with van der Waals surface area (Å²) in [6.45, 7) is 6.22. The Morgan fingerprint density at radius 3 is 2.52 bits per heavy atom. The number of rotatable bonds is 11. The van der Waals surface area contributed by atoms with Gasteiger partial charge in [0.2, 0.25) is 0 Å². The fourth-order valence-corrected chi connectivity index (χ4v) is 3.88. The van der Waals surface area contributed by atoms with Crippen molar-refractivity contribution in [2.75, 3.05) is 46.2 Å². The van der Waals surface area contributed by atoms with E-state index in [1.165, 1.54) is 7.11 Å². The van der Waals surface area contributed by atoms with Crippen molar-refractivity contribution in [1.82, 2.24) is 24.4 Å². The van der Waals surface area contributed by atoms with Crippen molar-refractivity contribution < 1.29 is 19.0 Å². The maximum Gasteiger partial charge on any atom is 0.320 e. The molecule has 2 N–H and O–H groups in total. The van der Waals surface area contributed by atoms with Crippen LogP contribution in [0.4, 0.5) is 5.82 Å². The Labute approximate surface area is 183 Å². The normalized spacial score (nSPS) is 15.3. The van der Waals surface area contributed by atoms with Crippen molar-refractivity contribution in [3.8, 4) is 12.0 Å². The summed E-state index contributed by atoms with van der Waals surface area (Å²) >= 11 is 0. The number of hydrogen-bond donors (Lipinski definition) is 1. The number of likely N-dealkylation sites (tertiary alicyclic amines) is 1. The SMILES string of the molecule is CCCCOc1nc(N)c2nc(OC)n(CCCCN3CCC(C(=O)OC)CC3)c2n1. The second-order valence-corrected chi connectivity index (χ2v) is 7.86. The topological polar surface area (TPSA) is 118 Å². The number of carbonyl (C=O) groups is 1. The van der Waals surface area contributed by atoms with Gasteiger partial charge in [-0.05, 0) is 51.7 Å². The third-order valence-electron chi connectivity index (χ3n) is 5.71. The molecule has 1 fully saturated rings. The molecule has 10 nitrogen and oxygen atoms in total. The Morgan fingerprint density at radius 1 is 1.10 bits per heavy atom. The van der Waals surface area contributed by atoms with Gasteiger partial charge in [-0.1, -0.05) is 13.3 Å². The van der Waals surface area contributed by atoms with E-state index in [9.17, 15) is 4.79 Å². The number of fused-ring (bicyclic) bond motifs is 1.